The van der Waals surface area contributed by atoms with Crippen LogP contribution < -0.4 is 5.73 Å². The lowest BCUT2D eigenvalue weighted by atomic mass is 10.2. The van der Waals surface area contributed by atoms with E-state index in [4.69, 9.17) is 17.3 Å². The van der Waals surface area contributed by atoms with Gasteiger partial charge >= 0.3 is 5.69 Å². The Morgan fingerprint density at radius 2 is 2.27 bits per heavy atom. The first kappa shape index (κ1) is 11.7. The van der Waals surface area contributed by atoms with Crippen LogP contribution >= 0.6 is 11.6 Å². The second kappa shape index (κ2) is 4.45. The van der Waals surface area contributed by atoms with Crippen molar-refractivity contribution in [1.29, 1.82) is 0 Å². The largest absolute Gasteiger partial charge is 0.325 e. The van der Waals surface area contributed by atoms with Crippen molar-refractivity contribution >= 4 is 17.3 Å². The molecule has 0 unspecified atom stereocenters. The Morgan fingerprint density at radius 3 is 2.67 bits per heavy atom. The zero-order valence-electron chi connectivity index (χ0n) is 7.28. The Labute approximate surface area is 88.0 Å². The molecule has 15 heavy (non-hydrogen) atoms. The minimum Gasteiger partial charge on any atom is -0.325 e. The summed E-state index contributed by atoms with van der Waals surface area (Å²) in [5.41, 5.74) is 3.30. The molecule has 0 saturated heterocycles. The maximum Gasteiger partial charge on any atom is 0.302 e. The zero-order valence-corrected chi connectivity index (χ0v) is 8.04. The number of nitrogens with two attached hydrogens (primary N) is 1. The molecule has 0 saturated carbocycles. The van der Waals surface area contributed by atoms with Gasteiger partial charge in [0.05, 0.1) is 9.95 Å². The summed E-state index contributed by atoms with van der Waals surface area (Å²) in [6.07, 6.45) is -2.11. The number of alkyl halides is 2. The molecule has 1 aromatic heterocycles. The average molecular weight is 238 g/mol. The number of aromatic nitrogens is 1. The third kappa shape index (κ3) is 2.18. The predicted octanol–water partition coefficient (Wildman–Crippen LogP) is 2.04. The summed E-state index contributed by atoms with van der Waals surface area (Å²) in [6.45, 7) is -0.298. The van der Waals surface area contributed by atoms with Crippen LogP contribution in [0.1, 0.15) is 17.7 Å². The van der Waals surface area contributed by atoms with Crippen LogP contribution in [0.3, 0.4) is 0 Å². The number of nitro groups is 1. The van der Waals surface area contributed by atoms with Crippen LogP contribution in [0.5, 0.6) is 0 Å². The summed E-state index contributed by atoms with van der Waals surface area (Å²) in [5, 5.41) is 10.1. The van der Waals surface area contributed by atoms with E-state index in [9.17, 15) is 18.9 Å². The fourth-order valence-corrected chi connectivity index (χ4v) is 1.32. The van der Waals surface area contributed by atoms with Crippen molar-refractivity contribution in [2.75, 3.05) is 0 Å². The molecular formula is C7H6ClF2N3O2. The first-order chi connectivity index (χ1) is 6.99. The Bertz CT molecular complexity index is 400. The Hall–Kier alpha value is -1.34. The summed E-state index contributed by atoms with van der Waals surface area (Å²) in [4.78, 5) is 13.1. The van der Waals surface area contributed by atoms with Gasteiger partial charge in [-0.15, -0.1) is 0 Å². The molecule has 0 spiro atoms. The molecule has 0 bridgehead atoms. The molecule has 5 nitrogen and oxygen atoms in total. The molecule has 0 aliphatic heterocycles. The number of halogens is 3. The van der Waals surface area contributed by atoms with Crippen molar-refractivity contribution in [2.45, 2.75) is 13.0 Å². The molecule has 1 heterocycles. The maximum absolute atomic E-state index is 12.5. The molecular weight excluding hydrogens is 232 g/mol. The Balaban J connectivity index is 3.51. The highest BCUT2D eigenvalue weighted by atomic mass is 35.5. The maximum atomic E-state index is 12.5. The minimum atomic E-state index is -3.04. The lowest BCUT2D eigenvalue weighted by Crippen LogP contribution is -2.08. The van der Waals surface area contributed by atoms with Crippen LogP contribution in [-0.4, -0.2) is 9.91 Å². The Kier molecular flexibility index (Phi) is 3.48. The average Bonchev–Trinajstić information content (AvgIpc) is 2.16. The predicted molar refractivity (Wildman–Crippen MR) is 48.7 cm³/mol. The smallest absolute Gasteiger partial charge is 0.302 e. The van der Waals surface area contributed by atoms with Gasteiger partial charge in [0.25, 0.3) is 6.43 Å². The topological polar surface area (TPSA) is 82.0 Å². The van der Waals surface area contributed by atoms with Crippen LogP contribution in [0, 0.1) is 10.1 Å². The molecule has 8 heteroatoms. The van der Waals surface area contributed by atoms with E-state index < -0.39 is 27.6 Å². The number of nitrogens with zero attached hydrogens (tertiary/aromatic N) is 2. The monoisotopic (exact) mass is 237 g/mol. The van der Waals surface area contributed by atoms with Gasteiger partial charge in [0.1, 0.15) is 11.3 Å². The summed E-state index contributed by atoms with van der Waals surface area (Å²) in [7, 11) is 0. The fourth-order valence-electron chi connectivity index (χ4n) is 1.09. The summed E-state index contributed by atoms with van der Waals surface area (Å²) in [6, 6.07) is 0. The lowest BCUT2D eigenvalue weighted by Gasteiger charge is -2.06. The molecule has 0 radical (unpaired) electrons. The number of rotatable bonds is 3. The van der Waals surface area contributed by atoms with Gasteiger partial charge in [0.2, 0.25) is 0 Å². The van der Waals surface area contributed by atoms with Gasteiger partial charge in [-0.3, -0.25) is 15.1 Å². The fraction of sp³-hybridized carbons (Fsp3) is 0.286. The highest BCUT2D eigenvalue weighted by Crippen LogP contribution is 2.36. The molecule has 2 N–H and O–H groups in total. The standard InChI is InChI=1S/C7H6ClF2N3O2/c8-3-2-12-4(1-11)6(13(14)15)5(3)7(9)10/h2,7H,1,11H2. The van der Waals surface area contributed by atoms with E-state index in [1.807, 2.05) is 0 Å². The zero-order chi connectivity index (χ0) is 11.6. The molecule has 1 rings (SSSR count). The molecule has 0 amide bonds. The third-order valence-electron chi connectivity index (χ3n) is 1.71. The highest BCUT2D eigenvalue weighted by Gasteiger charge is 2.29. The summed E-state index contributed by atoms with van der Waals surface area (Å²) >= 11 is 5.41. The van der Waals surface area contributed by atoms with Crippen molar-refractivity contribution in [3.8, 4) is 0 Å². The van der Waals surface area contributed by atoms with Crippen molar-refractivity contribution in [2.24, 2.45) is 5.73 Å². The van der Waals surface area contributed by atoms with Gasteiger partial charge in [-0.1, -0.05) is 11.6 Å². The van der Waals surface area contributed by atoms with Gasteiger partial charge in [0, 0.05) is 12.7 Å². The van der Waals surface area contributed by atoms with E-state index in [0.717, 1.165) is 6.20 Å². The number of hydrogen-bond donors (Lipinski definition) is 1. The van der Waals surface area contributed by atoms with Crippen molar-refractivity contribution < 1.29 is 13.7 Å². The normalized spacial score (nSPS) is 10.7. The first-order valence-corrected chi connectivity index (χ1v) is 4.16. The van der Waals surface area contributed by atoms with E-state index >= 15 is 0 Å². The molecule has 0 aromatic carbocycles. The van der Waals surface area contributed by atoms with E-state index in [0.29, 0.717) is 0 Å². The summed E-state index contributed by atoms with van der Waals surface area (Å²) < 4.78 is 25.0. The minimum absolute atomic E-state index is 0.209. The molecule has 0 aliphatic carbocycles. The highest BCUT2D eigenvalue weighted by molar-refractivity contribution is 6.31. The van der Waals surface area contributed by atoms with Gasteiger partial charge in [-0.05, 0) is 0 Å². The van der Waals surface area contributed by atoms with Crippen molar-refractivity contribution in [1.82, 2.24) is 4.98 Å². The summed E-state index contributed by atoms with van der Waals surface area (Å²) in [5.74, 6) is 0. The quantitative estimate of drug-likeness (QED) is 0.644. The molecule has 0 atom stereocenters. The lowest BCUT2D eigenvalue weighted by molar-refractivity contribution is -0.387. The second-order valence-corrected chi connectivity index (χ2v) is 2.98. The second-order valence-electron chi connectivity index (χ2n) is 2.58. The van der Waals surface area contributed by atoms with E-state index in [2.05, 4.69) is 4.98 Å². The van der Waals surface area contributed by atoms with Crippen LogP contribution in [0.15, 0.2) is 6.20 Å². The number of pyridine rings is 1. The molecule has 1 aromatic rings. The van der Waals surface area contributed by atoms with E-state index in [1.54, 1.807) is 0 Å². The first-order valence-electron chi connectivity index (χ1n) is 3.79. The van der Waals surface area contributed by atoms with Gasteiger partial charge in [-0.2, -0.15) is 0 Å². The van der Waals surface area contributed by atoms with Gasteiger partial charge in [-0.25, -0.2) is 8.78 Å². The van der Waals surface area contributed by atoms with Crippen molar-refractivity contribution in [3.63, 3.8) is 0 Å². The molecule has 0 aliphatic rings. The van der Waals surface area contributed by atoms with Crippen LogP contribution in [0.25, 0.3) is 0 Å². The van der Waals surface area contributed by atoms with E-state index in [-0.39, 0.29) is 12.2 Å². The van der Waals surface area contributed by atoms with Crippen LogP contribution in [0.4, 0.5) is 14.5 Å². The van der Waals surface area contributed by atoms with Crippen LogP contribution in [-0.2, 0) is 6.54 Å². The SMILES string of the molecule is NCc1ncc(Cl)c(C(F)F)c1[N+](=O)[O-]. The van der Waals surface area contributed by atoms with Crippen LogP contribution in [0.2, 0.25) is 5.02 Å². The van der Waals surface area contributed by atoms with Gasteiger partial charge in [0.15, 0.2) is 0 Å². The number of hydrogen-bond acceptors (Lipinski definition) is 4. The molecule has 0 fully saturated rings. The van der Waals surface area contributed by atoms with E-state index in [1.165, 1.54) is 0 Å². The third-order valence-corrected chi connectivity index (χ3v) is 2.01. The van der Waals surface area contributed by atoms with Crippen molar-refractivity contribution in [3.05, 3.63) is 32.6 Å². The molecule has 82 valence electrons. The Morgan fingerprint density at radius 1 is 1.67 bits per heavy atom. The van der Waals surface area contributed by atoms with Gasteiger partial charge < -0.3 is 5.73 Å².